The van der Waals surface area contributed by atoms with Gasteiger partial charge in [0.25, 0.3) is 5.91 Å². The summed E-state index contributed by atoms with van der Waals surface area (Å²) >= 11 is 0. The second-order valence-electron chi connectivity index (χ2n) is 7.10. The third-order valence-electron chi connectivity index (χ3n) is 4.75. The summed E-state index contributed by atoms with van der Waals surface area (Å²) in [7, 11) is 0. The molecule has 0 fully saturated rings. The van der Waals surface area contributed by atoms with Crippen LogP contribution < -0.4 is 10.6 Å². The summed E-state index contributed by atoms with van der Waals surface area (Å²) in [4.78, 5) is 32.2. The molecule has 0 atom stereocenters. The molecule has 4 aromatic rings. The fourth-order valence-electron chi connectivity index (χ4n) is 3.20. The molecule has 150 valence electrons. The van der Waals surface area contributed by atoms with E-state index in [9.17, 15) is 9.59 Å². The first-order valence-electron chi connectivity index (χ1n) is 9.78. The molecule has 2 amide bonds. The molecule has 3 N–H and O–H groups in total. The molecule has 0 unspecified atom stereocenters. The van der Waals surface area contributed by atoms with Crippen LogP contribution >= 0.6 is 0 Å². The highest BCUT2D eigenvalue weighted by atomic mass is 16.2. The lowest BCUT2D eigenvalue weighted by molar-refractivity contribution is -0.116. The van der Waals surface area contributed by atoms with Gasteiger partial charge in [0.05, 0.1) is 11.0 Å². The van der Waals surface area contributed by atoms with E-state index >= 15 is 0 Å². The van der Waals surface area contributed by atoms with E-state index in [1.54, 1.807) is 6.07 Å². The summed E-state index contributed by atoms with van der Waals surface area (Å²) in [6, 6.07) is 22.7. The van der Waals surface area contributed by atoms with Crippen LogP contribution in [0.25, 0.3) is 22.4 Å². The third-order valence-corrected chi connectivity index (χ3v) is 4.75. The molecule has 0 radical (unpaired) electrons. The second kappa shape index (κ2) is 8.61. The molecular weight excluding hydrogens is 376 g/mol. The normalized spacial score (nSPS) is 10.7. The lowest BCUT2D eigenvalue weighted by Crippen LogP contribution is -2.27. The Kier molecular flexibility index (Phi) is 5.57. The number of nitrogens with one attached hydrogen (secondary N) is 3. The maximum absolute atomic E-state index is 12.2. The van der Waals surface area contributed by atoms with Crippen molar-refractivity contribution < 1.29 is 9.59 Å². The highest BCUT2D eigenvalue weighted by Crippen LogP contribution is 2.22. The topological polar surface area (TPSA) is 86.9 Å². The van der Waals surface area contributed by atoms with Crippen molar-refractivity contribution >= 4 is 28.5 Å². The number of aromatic nitrogens is 2. The fourth-order valence-corrected chi connectivity index (χ4v) is 3.20. The molecule has 3 aromatic carbocycles. The van der Waals surface area contributed by atoms with E-state index in [0.29, 0.717) is 11.3 Å². The minimum Gasteiger partial charge on any atom is -0.352 e. The van der Waals surface area contributed by atoms with Crippen molar-refractivity contribution in [3.05, 3.63) is 83.9 Å². The molecule has 6 heteroatoms. The number of carbonyl (C=O) groups is 2. The van der Waals surface area contributed by atoms with Crippen LogP contribution in [-0.4, -0.2) is 28.3 Å². The standard InChI is InChI=1S/C24H22N4O2/c1-16-5-4-6-18(15-16)24(30)25-14-13-22(29)26-19-11-9-17(10-12-19)23-27-20-7-2-3-8-21(20)28-23/h2-12,15H,13-14H2,1H3,(H,25,30)(H,26,29)(H,27,28). The van der Waals surface area contributed by atoms with Gasteiger partial charge in [0, 0.05) is 29.8 Å². The number of amides is 2. The zero-order valence-corrected chi connectivity index (χ0v) is 16.6. The van der Waals surface area contributed by atoms with E-state index in [-0.39, 0.29) is 24.8 Å². The Bertz CT molecular complexity index is 1160. The van der Waals surface area contributed by atoms with Crippen molar-refractivity contribution in [2.24, 2.45) is 0 Å². The molecule has 0 saturated heterocycles. The van der Waals surface area contributed by atoms with Crippen LogP contribution in [0.15, 0.2) is 72.8 Å². The summed E-state index contributed by atoms with van der Waals surface area (Å²) in [6.45, 7) is 2.21. The van der Waals surface area contributed by atoms with Crippen LogP contribution in [0.3, 0.4) is 0 Å². The SMILES string of the molecule is Cc1cccc(C(=O)NCCC(=O)Nc2ccc(-c3nc4ccccc4[nH]3)cc2)c1. The van der Waals surface area contributed by atoms with Gasteiger partial charge in [0.15, 0.2) is 0 Å². The molecule has 1 aromatic heterocycles. The number of hydrogen-bond acceptors (Lipinski definition) is 3. The number of fused-ring (bicyclic) bond motifs is 1. The molecule has 0 bridgehead atoms. The van der Waals surface area contributed by atoms with Crippen LogP contribution in [0.2, 0.25) is 0 Å². The van der Waals surface area contributed by atoms with E-state index in [2.05, 4.69) is 20.6 Å². The number of carbonyl (C=O) groups excluding carboxylic acids is 2. The number of rotatable bonds is 6. The minimum atomic E-state index is -0.179. The van der Waals surface area contributed by atoms with Gasteiger partial charge in [0.2, 0.25) is 5.91 Å². The smallest absolute Gasteiger partial charge is 0.251 e. The number of hydrogen-bond donors (Lipinski definition) is 3. The summed E-state index contributed by atoms with van der Waals surface area (Å²) in [6.07, 6.45) is 0.197. The molecule has 30 heavy (non-hydrogen) atoms. The van der Waals surface area contributed by atoms with Gasteiger partial charge >= 0.3 is 0 Å². The molecule has 4 rings (SSSR count). The number of para-hydroxylation sites is 2. The Labute approximate surface area is 174 Å². The highest BCUT2D eigenvalue weighted by Gasteiger charge is 2.08. The van der Waals surface area contributed by atoms with E-state index in [0.717, 1.165) is 28.0 Å². The van der Waals surface area contributed by atoms with Crippen LogP contribution in [0.1, 0.15) is 22.3 Å². The van der Waals surface area contributed by atoms with Gasteiger partial charge in [-0.2, -0.15) is 0 Å². The largest absolute Gasteiger partial charge is 0.352 e. The zero-order chi connectivity index (χ0) is 20.9. The lowest BCUT2D eigenvalue weighted by atomic mass is 10.1. The molecule has 0 aliphatic rings. The first kappa shape index (κ1) is 19.4. The van der Waals surface area contributed by atoms with Crippen LogP contribution in [0.4, 0.5) is 5.69 Å². The van der Waals surface area contributed by atoms with Gasteiger partial charge in [-0.1, -0.05) is 29.8 Å². The molecule has 6 nitrogen and oxygen atoms in total. The number of imidazole rings is 1. The van der Waals surface area contributed by atoms with Crippen molar-refractivity contribution in [2.75, 3.05) is 11.9 Å². The quantitative estimate of drug-likeness (QED) is 0.453. The Balaban J connectivity index is 1.30. The molecule has 0 saturated carbocycles. The monoisotopic (exact) mass is 398 g/mol. The summed E-state index contributed by atoms with van der Waals surface area (Å²) in [5.41, 5.74) is 5.15. The Morgan fingerprint density at radius 2 is 1.77 bits per heavy atom. The Hall–Kier alpha value is -3.93. The number of benzene rings is 3. The third kappa shape index (κ3) is 4.55. The summed E-state index contributed by atoms with van der Waals surface area (Å²) in [5.74, 6) is 0.450. The lowest BCUT2D eigenvalue weighted by Gasteiger charge is -2.08. The minimum absolute atomic E-state index is 0.156. The Morgan fingerprint density at radius 3 is 2.53 bits per heavy atom. The summed E-state index contributed by atoms with van der Waals surface area (Å²) in [5, 5.41) is 5.62. The maximum atomic E-state index is 12.2. The molecule has 0 aliphatic carbocycles. The van der Waals surface area contributed by atoms with Crippen molar-refractivity contribution in [3.8, 4) is 11.4 Å². The predicted molar refractivity (Wildman–Crippen MR) is 118 cm³/mol. The van der Waals surface area contributed by atoms with E-state index < -0.39 is 0 Å². The number of nitrogens with zero attached hydrogens (tertiary/aromatic N) is 1. The summed E-state index contributed by atoms with van der Waals surface area (Å²) < 4.78 is 0. The van der Waals surface area contributed by atoms with Gasteiger partial charge in [-0.15, -0.1) is 0 Å². The van der Waals surface area contributed by atoms with Gasteiger partial charge < -0.3 is 15.6 Å². The molecule has 1 heterocycles. The molecular formula is C24H22N4O2. The Morgan fingerprint density at radius 1 is 0.967 bits per heavy atom. The fraction of sp³-hybridized carbons (Fsp3) is 0.125. The van der Waals surface area contributed by atoms with E-state index in [1.165, 1.54) is 0 Å². The van der Waals surface area contributed by atoms with Crippen LogP contribution in [0.5, 0.6) is 0 Å². The van der Waals surface area contributed by atoms with Crippen molar-refractivity contribution in [1.29, 1.82) is 0 Å². The number of aryl methyl sites for hydroxylation is 1. The second-order valence-corrected chi connectivity index (χ2v) is 7.10. The molecule has 0 aliphatic heterocycles. The van der Waals surface area contributed by atoms with Gasteiger partial charge in [-0.3, -0.25) is 9.59 Å². The highest BCUT2D eigenvalue weighted by molar-refractivity contribution is 5.95. The average Bonchev–Trinajstić information content (AvgIpc) is 3.18. The molecule has 0 spiro atoms. The van der Waals surface area contributed by atoms with Gasteiger partial charge in [-0.25, -0.2) is 4.98 Å². The first-order chi connectivity index (χ1) is 14.6. The maximum Gasteiger partial charge on any atom is 0.251 e. The zero-order valence-electron chi connectivity index (χ0n) is 16.6. The average molecular weight is 398 g/mol. The van der Waals surface area contributed by atoms with Gasteiger partial charge in [-0.05, 0) is 55.5 Å². The van der Waals surface area contributed by atoms with Crippen molar-refractivity contribution in [1.82, 2.24) is 15.3 Å². The van der Waals surface area contributed by atoms with Crippen molar-refractivity contribution in [2.45, 2.75) is 13.3 Å². The first-order valence-corrected chi connectivity index (χ1v) is 9.78. The van der Waals surface area contributed by atoms with Crippen molar-refractivity contribution in [3.63, 3.8) is 0 Å². The number of anilines is 1. The van der Waals surface area contributed by atoms with Crippen LogP contribution in [-0.2, 0) is 4.79 Å². The predicted octanol–water partition coefficient (Wildman–Crippen LogP) is 4.30. The van der Waals surface area contributed by atoms with E-state index in [4.69, 9.17) is 0 Å². The van der Waals surface area contributed by atoms with Gasteiger partial charge in [0.1, 0.15) is 5.82 Å². The van der Waals surface area contributed by atoms with E-state index in [1.807, 2.05) is 73.7 Å². The van der Waals surface area contributed by atoms with Crippen LogP contribution in [0, 0.1) is 6.92 Å². The number of H-pyrrole nitrogens is 1. The number of aromatic amines is 1.